The quantitative estimate of drug-likeness (QED) is 0.550. The minimum absolute atomic E-state index is 0.00342. The van der Waals surface area contributed by atoms with Crippen LogP contribution in [0.4, 0.5) is 0 Å². The number of hydrogen-bond donors (Lipinski definition) is 2. The molecule has 0 unspecified atom stereocenters. The summed E-state index contributed by atoms with van der Waals surface area (Å²) in [4.78, 5) is 0. The topological polar surface area (TPSA) is 68.3 Å². The highest BCUT2D eigenvalue weighted by Gasteiger charge is 2.02. The zero-order valence-corrected chi connectivity index (χ0v) is 8.12. The van der Waals surface area contributed by atoms with Crippen LogP contribution in [0.1, 0.15) is 6.92 Å². The number of para-hydroxylation sites is 2. The Morgan fingerprint density at radius 3 is 2.36 bits per heavy atom. The Labute approximate surface area is 83.1 Å². The normalized spacial score (nSPS) is 9.50. The molecule has 0 amide bonds. The van der Waals surface area contributed by atoms with Crippen LogP contribution in [0, 0.1) is 5.41 Å². The fourth-order valence-electron chi connectivity index (χ4n) is 1.000. The monoisotopic (exact) mass is 194 g/mol. The van der Waals surface area contributed by atoms with Crippen molar-refractivity contribution in [3.63, 3.8) is 0 Å². The fourth-order valence-corrected chi connectivity index (χ4v) is 1.000. The number of hydrogen-bond acceptors (Lipinski definition) is 3. The van der Waals surface area contributed by atoms with E-state index >= 15 is 0 Å². The molecule has 0 saturated carbocycles. The molecule has 0 bridgehead atoms. The molecule has 3 N–H and O–H groups in total. The maximum absolute atomic E-state index is 7.03. The highest BCUT2D eigenvalue weighted by atomic mass is 16.5. The largest absolute Gasteiger partial charge is 0.490 e. The SMILES string of the molecule is CCOc1ccccc1OCC(=N)N. The van der Waals surface area contributed by atoms with E-state index in [0.717, 1.165) is 0 Å². The number of nitrogens with two attached hydrogens (primary N) is 1. The average Bonchev–Trinajstić information content (AvgIpc) is 2.17. The molecular weight excluding hydrogens is 180 g/mol. The van der Waals surface area contributed by atoms with Gasteiger partial charge in [0.25, 0.3) is 0 Å². The summed E-state index contributed by atoms with van der Waals surface area (Å²) in [6.45, 7) is 2.58. The summed E-state index contributed by atoms with van der Waals surface area (Å²) in [5, 5.41) is 7.03. The van der Waals surface area contributed by atoms with Crippen molar-refractivity contribution in [1.82, 2.24) is 0 Å². The van der Waals surface area contributed by atoms with Crippen molar-refractivity contribution in [2.45, 2.75) is 6.92 Å². The molecule has 0 atom stereocenters. The zero-order valence-electron chi connectivity index (χ0n) is 8.12. The Hall–Kier alpha value is -1.71. The Morgan fingerprint density at radius 1 is 1.29 bits per heavy atom. The third-order valence-corrected chi connectivity index (χ3v) is 1.53. The van der Waals surface area contributed by atoms with Crippen molar-refractivity contribution in [2.75, 3.05) is 13.2 Å². The molecule has 76 valence electrons. The van der Waals surface area contributed by atoms with Crippen molar-refractivity contribution in [2.24, 2.45) is 5.73 Å². The van der Waals surface area contributed by atoms with Crippen LogP contribution in [0.2, 0.25) is 0 Å². The molecule has 0 fully saturated rings. The maximum atomic E-state index is 7.03. The van der Waals surface area contributed by atoms with E-state index in [-0.39, 0.29) is 12.4 Å². The summed E-state index contributed by atoms with van der Waals surface area (Å²) < 4.78 is 10.6. The standard InChI is InChI=1S/C10H14N2O2/c1-2-13-8-5-3-4-6-9(8)14-7-10(11)12/h3-6H,2,7H2,1H3,(H3,11,12). The minimum Gasteiger partial charge on any atom is -0.490 e. The van der Waals surface area contributed by atoms with Gasteiger partial charge in [0.2, 0.25) is 0 Å². The predicted molar refractivity (Wildman–Crippen MR) is 55.0 cm³/mol. The van der Waals surface area contributed by atoms with Gasteiger partial charge in [-0.3, -0.25) is 5.41 Å². The van der Waals surface area contributed by atoms with Crippen LogP contribution in [-0.4, -0.2) is 19.0 Å². The summed E-state index contributed by atoms with van der Waals surface area (Å²) in [6, 6.07) is 7.32. The first-order chi connectivity index (χ1) is 6.74. The van der Waals surface area contributed by atoms with Crippen molar-refractivity contribution >= 4 is 5.84 Å². The molecule has 0 spiro atoms. The van der Waals surface area contributed by atoms with Crippen LogP contribution in [0.5, 0.6) is 11.5 Å². The third kappa shape index (κ3) is 2.97. The molecule has 1 aromatic rings. The molecule has 4 nitrogen and oxygen atoms in total. The molecular formula is C10H14N2O2. The van der Waals surface area contributed by atoms with Crippen LogP contribution < -0.4 is 15.2 Å². The van der Waals surface area contributed by atoms with E-state index in [0.29, 0.717) is 18.1 Å². The van der Waals surface area contributed by atoms with Gasteiger partial charge in [-0.15, -0.1) is 0 Å². The van der Waals surface area contributed by atoms with Crippen LogP contribution >= 0.6 is 0 Å². The second kappa shape index (κ2) is 5.11. The first-order valence-corrected chi connectivity index (χ1v) is 4.41. The van der Waals surface area contributed by atoms with Crippen LogP contribution in [-0.2, 0) is 0 Å². The summed E-state index contributed by atoms with van der Waals surface area (Å²) >= 11 is 0. The third-order valence-electron chi connectivity index (χ3n) is 1.53. The number of rotatable bonds is 5. The van der Waals surface area contributed by atoms with E-state index in [2.05, 4.69) is 0 Å². The second-order valence-electron chi connectivity index (χ2n) is 2.69. The lowest BCUT2D eigenvalue weighted by Gasteiger charge is -2.10. The number of ether oxygens (including phenoxy) is 2. The Bertz CT molecular complexity index is 313. The molecule has 0 aliphatic carbocycles. The highest BCUT2D eigenvalue weighted by Crippen LogP contribution is 2.25. The van der Waals surface area contributed by atoms with Gasteiger partial charge in [0.15, 0.2) is 11.5 Å². The minimum atomic E-state index is -0.00342. The number of amidine groups is 1. The average molecular weight is 194 g/mol. The summed E-state index contributed by atoms with van der Waals surface area (Å²) in [5.41, 5.74) is 5.18. The first kappa shape index (κ1) is 10.4. The first-order valence-electron chi connectivity index (χ1n) is 4.41. The fraction of sp³-hybridized carbons (Fsp3) is 0.300. The maximum Gasteiger partial charge on any atom is 0.161 e. The Morgan fingerprint density at radius 2 is 1.86 bits per heavy atom. The molecule has 4 heteroatoms. The molecule has 0 aliphatic rings. The van der Waals surface area contributed by atoms with Crippen molar-refractivity contribution in [3.8, 4) is 11.5 Å². The van der Waals surface area contributed by atoms with Crippen LogP contribution in [0.15, 0.2) is 24.3 Å². The van der Waals surface area contributed by atoms with E-state index in [1.807, 2.05) is 25.1 Å². The summed E-state index contributed by atoms with van der Waals surface area (Å²) in [7, 11) is 0. The molecule has 0 heterocycles. The molecule has 0 radical (unpaired) electrons. The molecule has 14 heavy (non-hydrogen) atoms. The van der Waals surface area contributed by atoms with Gasteiger partial charge >= 0.3 is 0 Å². The van der Waals surface area contributed by atoms with Gasteiger partial charge in [-0.2, -0.15) is 0 Å². The highest BCUT2D eigenvalue weighted by molar-refractivity contribution is 5.78. The lowest BCUT2D eigenvalue weighted by molar-refractivity contribution is 0.301. The van der Waals surface area contributed by atoms with Gasteiger partial charge in [0.05, 0.1) is 6.61 Å². The van der Waals surface area contributed by atoms with E-state index < -0.39 is 0 Å². The summed E-state index contributed by atoms with van der Waals surface area (Å²) in [6.07, 6.45) is 0. The van der Waals surface area contributed by atoms with Crippen molar-refractivity contribution in [1.29, 1.82) is 5.41 Å². The lowest BCUT2D eigenvalue weighted by Crippen LogP contribution is -2.19. The molecule has 1 rings (SSSR count). The van der Waals surface area contributed by atoms with Crippen LogP contribution in [0.25, 0.3) is 0 Å². The molecule has 0 aromatic heterocycles. The van der Waals surface area contributed by atoms with Crippen molar-refractivity contribution < 1.29 is 9.47 Å². The van der Waals surface area contributed by atoms with Crippen LogP contribution in [0.3, 0.4) is 0 Å². The van der Waals surface area contributed by atoms with Gasteiger partial charge in [-0.1, -0.05) is 12.1 Å². The number of benzene rings is 1. The Balaban J connectivity index is 2.68. The van der Waals surface area contributed by atoms with E-state index in [4.69, 9.17) is 20.6 Å². The molecule has 1 aromatic carbocycles. The van der Waals surface area contributed by atoms with E-state index in [1.165, 1.54) is 0 Å². The van der Waals surface area contributed by atoms with Crippen molar-refractivity contribution in [3.05, 3.63) is 24.3 Å². The van der Waals surface area contributed by atoms with Gasteiger partial charge in [-0.05, 0) is 19.1 Å². The smallest absolute Gasteiger partial charge is 0.161 e. The van der Waals surface area contributed by atoms with Gasteiger partial charge in [0, 0.05) is 0 Å². The van der Waals surface area contributed by atoms with Gasteiger partial charge in [0.1, 0.15) is 12.4 Å². The van der Waals surface area contributed by atoms with Gasteiger partial charge < -0.3 is 15.2 Å². The molecule has 0 saturated heterocycles. The van der Waals surface area contributed by atoms with Gasteiger partial charge in [-0.25, -0.2) is 0 Å². The predicted octanol–water partition coefficient (Wildman–Crippen LogP) is 1.40. The summed E-state index contributed by atoms with van der Waals surface area (Å²) in [5.74, 6) is 1.29. The number of nitrogens with one attached hydrogen (secondary N) is 1. The Kier molecular flexibility index (Phi) is 3.79. The van der Waals surface area contributed by atoms with E-state index in [1.54, 1.807) is 6.07 Å². The zero-order chi connectivity index (χ0) is 10.4. The van der Waals surface area contributed by atoms with E-state index in [9.17, 15) is 0 Å². The lowest BCUT2D eigenvalue weighted by atomic mass is 10.3. The second-order valence-corrected chi connectivity index (χ2v) is 2.69. The molecule has 0 aliphatic heterocycles.